The van der Waals surface area contributed by atoms with E-state index in [2.05, 4.69) is 84.0 Å². The second-order valence-corrected chi connectivity index (χ2v) is 11.0. The van der Waals surface area contributed by atoms with Gasteiger partial charge in [0.05, 0.1) is 18.3 Å². The summed E-state index contributed by atoms with van der Waals surface area (Å²) < 4.78 is 5.55. The number of benzene rings is 2. The standard InChI is InChI=1S/C30H37N7O/c1-18-7-9-22(38-6)15-26(18)36-14-12-24-23(17-36)30(37-13-11-21(16-37)35(4)5)32-29(31-24)27-19(2)8-10-25-28(27)20(3)33-34-25/h7-10,15,21H,11-14,16-17H2,1-6H3,(H,33,34)/t21-/m1/s1. The number of nitrogens with zero attached hydrogens (tertiary/aromatic N) is 6. The van der Waals surface area contributed by atoms with Crippen molar-refractivity contribution in [3.63, 3.8) is 0 Å². The molecule has 0 unspecified atom stereocenters. The number of H-pyrrole nitrogens is 1. The van der Waals surface area contributed by atoms with Crippen molar-refractivity contribution >= 4 is 22.4 Å². The zero-order valence-electron chi connectivity index (χ0n) is 23.3. The van der Waals surface area contributed by atoms with Crippen LogP contribution < -0.4 is 14.5 Å². The molecule has 198 valence electrons. The van der Waals surface area contributed by atoms with Crippen LogP contribution >= 0.6 is 0 Å². The summed E-state index contributed by atoms with van der Waals surface area (Å²) in [7, 11) is 6.08. The fraction of sp³-hybridized carbons (Fsp3) is 0.433. The minimum absolute atomic E-state index is 0.519. The van der Waals surface area contributed by atoms with Crippen LogP contribution in [0.4, 0.5) is 11.5 Å². The number of anilines is 2. The molecule has 8 nitrogen and oxygen atoms in total. The fourth-order valence-electron chi connectivity index (χ4n) is 6.05. The molecular formula is C30H37N7O. The molecule has 2 aromatic heterocycles. The molecule has 1 fully saturated rings. The van der Waals surface area contributed by atoms with Crippen LogP contribution in [0.5, 0.6) is 5.75 Å². The largest absolute Gasteiger partial charge is 0.497 e. The van der Waals surface area contributed by atoms with E-state index in [-0.39, 0.29) is 0 Å². The Morgan fingerprint density at radius 1 is 1.00 bits per heavy atom. The highest BCUT2D eigenvalue weighted by Crippen LogP contribution is 2.38. The first-order valence-electron chi connectivity index (χ1n) is 13.5. The Balaban J connectivity index is 1.48. The van der Waals surface area contributed by atoms with Gasteiger partial charge < -0.3 is 19.4 Å². The van der Waals surface area contributed by atoms with Crippen LogP contribution in [-0.4, -0.2) is 71.9 Å². The first-order chi connectivity index (χ1) is 18.3. The average molecular weight is 512 g/mol. The molecule has 1 N–H and O–H groups in total. The highest BCUT2D eigenvalue weighted by molar-refractivity contribution is 5.96. The Labute approximate surface area is 224 Å². The minimum atomic E-state index is 0.519. The summed E-state index contributed by atoms with van der Waals surface area (Å²) in [4.78, 5) is 17.9. The van der Waals surface area contributed by atoms with Gasteiger partial charge in [0.25, 0.3) is 0 Å². The molecule has 2 aliphatic heterocycles. The second-order valence-electron chi connectivity index (χ2n) is 11.0. The van der Waals surface area contributed by atoms with Crippen LogP contribution in [0.3, 0.4) is 0 Å². The summed E-state index contributed by atoms with van der Waals surface area (Å²) in [6.07, 6.45) is 2.01. The molecule has 6 rings (SSSR count). The van der Waals surface area contributed by atoms with Gasteiger partial charge in [-0.15, -0.1) is 0 Å². The van der Waals surface area contributed by atoms with E-state index < -0.39 is 0 Å². The molecule has 0 saturated carbocycles. The molecular weight excluding hydrogens is 474 g/mol. The molecule has 2 aromatic carbocycles. The molecule has 1 atom stereocenters. The van der Waals surface area contributed by atoms with Gasteiger partial charge in [0.2, 0.25) is 0 Å². The Bertz CT molecular complexity index is 1510. The van der Waals surface area contributed by atoms with Crippen LogP contribution in [0.2, 0.25) is 0 Å². The van der Waals surface area contributed by atoms with E-state index >= 15 is 0 Å². The van der Waals surface area contributed by atoms with Gasteiger partial charge in [-0.1, -0.05) is 12.1 Å². The van der Waals surface area contributed by atoms with Gasteiger partial charge >= 0.3 is 0 Å². The van der Waals surface area contributed by atoms with E-state index in [1.807, 2.05) is 6.07 Å². The van der Waals surface area contributed by atoms with Gasteiger partial charge in [-0.25, -0.2) is 9.97 Å². The van der Waals surface area contributed by atoms with E-state index in [0.717, 1.165) is 84.3 Å². The van der Waals surface area contributed by atoms with Gasteiger partial charge in [-0.2, -0.15) is 5.10 Å². The number of hydrogen-bond donors (Lipinski definition) is 1. The number of nitrogens with one attached hydrogen (secondary N) is 1. The highest BCUT2D eigenvalue weighted by atomic mass is 16.5. The monoisotopic (exact) mass is 511 g/mol. The lowest BCUT2D eigenvalue weighted by Gasteiger charge is -2.34. The molecule has 4 aromatic rings. The number of aromatic nitrogens is 4. The van der Waals surface area contributed by atoms with Crippen molar-refractivity contribution in [2.24, 2.45) is 0 Å². The van der Waals surface area contributed by atoms with Gasteiger partial charge in [-0.3, -0.25) is 5.10 Å². The maximum Gasteiger partial charge on any atom is 0.162 e. The minimum Gasteiger partial charge on any atom is -0.497 e. The van der Waals surface area contributed by atoms with Crippen LogP contribution in [0.1, 0.15) is 34.5 Å². The van der Waals surface area contributed by atoms with Crippen molar-refractivity contribution in [1.82, 2.24) is 25.1 Å². The Morgan fingerprint density at radius 2 is 1.82 bits per heavy atom. The highest BCUT2D eigenvalue weighted by Gasteiger charge is 2.31. The van der Waals surface area contributed by atoms with Crippen LogP contribution in [0.15, 0.2) is 30.3 Å². The number of methoxy groups -OCH3 is 1. The Morgan fingerprint density at radius 3 is 2.58 bits per heavy atom. The van der Waals surface area contributed by atoms with Gasteiger partial charge in [0.1, 0.15) is 11.6 Å². The SMILES string of the molecule is COc1ccc(C)c(N2CCc3nc(-c4c(C)ccc5n[nH]c(C)c45)nc(N4CC[C@@H](N(C)C)C4)c3C2)c1. The van der Waals surface area contributed by atoms with Gasteiger partial charge in [0, 0.05) is 72.6 Å². The van der Waals surface area contributed by atoms with Gasteiger partial charge in [-0.05, 0) is 64.5 Å². The number of hydrogen-bond acceptors (Lipinski definition) is 7. The maximum absolute atomic E-state index is 5.55. The Hall–Kier alpha value is -3.65. The number of aryl methyl sites for hydroxylation is 3. The summed E-state index contributed by atoms with van der Waals surface area (Å²) in [5.74, 6) is 2.78. The number of aromatic amines is 1. The zero-order chi connectivity index (χ0) is 26.6. The molecule has 0 bridgehead atoms. The lowest BCUT2D eigenvalue weighted by atomic mass is 9.99. The smallest absolute Gasteiger partial charge is 0.162 e. The van der Waals surface area contributed by atoms with Crippen LogP contribution in [-0.2, 0) is 13.0 Å². The van der Waals surface area contributed by atoms with E-state index in [9.17, 15) is 0 Å². The molecule has 0 aliphatic carbocycles. The van der Waals surface area contributed by atoms with Crippen molar-refractivity contribution < 1.29 is 4.74 Å². The second kappa shape index (κ2) is 9.58. The van der Waals surface area contributed by atoms with Crippen LogP contribution in [0, 0.1) is 20.8 Å². The Kier molecular flexibility index (Phi) is 6.22. The third-order valence-corrected chi connectivity index (χ3v) is 8.32. The van der Waals surface area contributed by atoms with Gasteiger partial charge in [0.15, 0.2) is 5.82 Å². The summed E-state index contributed by atoms with van der Waals surface area (Å²) in [6.45, 7) is 10.1. The average Bonchev–Trinajstić information content (AvgIpc) is 3.56. The molecule has 8 heteroatoms. The summed E-state index contributed by atoms with van der Waals surface area (Å²) in [6, 6.07) is 11.1. The number of rotatable bonds is 5. The molecule has 0 spiro atoms. The number of likely N-dealkylation sites (N-methyl/N-ethyl adjacent to an activating group) is 1. The molecule has 38 heavy (non-hydrogen) atoms. The number of fused-ring (bicyclic) bond motifs is 2. The molecule has 4 heterocycles. The normalized spacial score (nSPS) is 17.5. The summed E-state index contributed by atoms with van der Waals surface area (Å²) in [5.41, 5.74) is 9.14. The zero-order valence-corrected chi connectivity index (χ0v) is 23.3. The van der Waals surface area contributed by atoms with Crippen molar-refractivity contribution in [3.8, 4) is 17.1 Å². The predicted octanol–water partition coefficient (Wildman–Crippen LogP) is 4.66. The lowest BCUT2D eigenvalue weighted by molar-refractivity contribution is 0.315. The third kappa shape index (κ3) is 4.17. The van der Waals surface area contributed by atoms with E-state index in [1.165, 1.54) is 22.4 Å². The van der Waals surface area contributed by atoms with E-state index in [4.69, 9.17) is 14.7 Å². The van der Waals surface area contributed by atoms with Crippen LogP contribution in [0.25, 0.3) is 22.3 Å². The first-order valence-corrected chi connectivity index (χ1v) is 13.5. The topological polar surface area (TPSA) is 73.4 Å². The summed E-state index contributed by atoms with van der Waals surface area (Å²) >= 11 is 0. The van der Waals surface area contributed by atoms with Crippen molar-refractivity contribution in [3.05, 3.63) is 58.4 Å². The quantitative estimate of drug-likeness (QED) is 0.418. The van der Waals surface area contributed by atoms with Crippen molar-refractivity contribution in [1.29, 1.82) is 0 Å². The predicted molar refractivity (Wildman–Crippen MR) is 153 cm³/mol. The third-order valence-electron chi connectivity index (χ3n) is 8.32. The number of ether oxygens (including phenoxy) is 1. The van der Waals surface area contributed by atoms with E-state index in [0.29, 0.717) is 6.04 Å². The molecule has 2 aliphatic rings. The van der Waals surface area contributed by atoms with Crippen molar-refractivity contribution in [2.45, 2.75) is 46.2 Å². The molecule has 0 radical (unpaired) electrons. The lowest BCUT2D eigenvalue weighted by Crippen LogP contribution is -2.36. The van der Waals surface area contributed by atoms with E-state index in [1.54, 1.807) is 7.11 Å². The molecule has 0 amide bonds. The molecule has 1 saturated heterocycles. The van der Waals surface area contributed by atoms with Crippen molar-refractivity contribution in [2.75, 3.05) is 50.6 Å². The fourth-order valence-corrected chi connectivity index (χ4v) is 6.05. The maximum atomic E-state index is 5.55. The first kappa shape index (κ1) is 24.7. The summed E-state index contributed by atoms with van der Waals surface area (Å²) in [5, 5.41) is 8.80.